The topological polar surface area (TPSA) is 55.1 Å². The number of amides is 1. The molecular formula is C15H15ClN2O. The lowest BCUT2D eigenvalue weighted by atomic mass is 10.1. The van der Waals surface area contributed by atoms with Crippen LogP contribution in [-0.4, -0.2) is 5.91 Å². The summed E-state index contributed by atoms with van der Waals surface area (Å²) < 4.78 is 0. The highest BCUT2D eigenvalue weighted by Gasteiger charge is 2.11. The van der Waals surface area contributed by atoms with Gasteiger partial charge in [-0.15, -0.1) is 0 Å². The first-order valence-corrected chi connectivity index (χ1v) is 6.33. The number of benzene rings is 2. The third-order valence-corrected chi connectivity index (χ3v) is 3.34. The Bertz CT molecular complexity index is 611. The van der Waals surface area contributed by atoms with Crippen molar-refractivity contribution in [1.82, 2.24) is 5.32 Å². The fraction of sp³-hybridized carbons (Fsp3) is 0.133. The number of nitrogens with one attached hydrogen (secondary N) is 1. The van der Waals surface area contributed by atoms with Gasteiger partial charge in [0.1, 0.15) is 0 Å². The van der Waals surface area contributed by atoms with Gasteiger partial charge in [-0.3, -0.25) is 4.79 Å². The van der Waals surface area contributed by atoms with Gasteiger partial charge in [-0.05, 0) is 36.2 Å². The second-order valence-electron chi connectivity index (χ2n) is 4.36. The molecule has 0 atom stereocenters. The Morgan fingerprint density at radius 3 is 2.74 bits per heavy atom. The third-order valence-electron chi connectivity index (χ3n) is 2.84. The van der Waals surface area contributed by atoms with Crippen LogP contribution < -0.4 is 11.1 Å². The van der Waals surface area contributed by atoms with Crippen LogP contribution in [0.2, 0.25) is 5.02 Å². The lowest BCUT2D eigenvalue weighted by molar-refractivity contribution is 0.0951. The third kappa shape index (κ3) is 3.26. The summed E-state index contributed by atoms with van der Waals surface area (Å²) >= 11 is 6.11. The summed E-state index contributed by atoms with van der Waals surface area (Å²) in [5.41, 5.74) is 8.70. The molecule has 2 aromatic carbocycles. The van der Waals surface area contributed by atoms with Gasteiger partial charge in [0.15, 0.2) is 0 Å². The van der Waals surface area contributed by atoms with Gasteiger partial charge < -0.3 is 11.1 Å². The average Bonchev–Trinajstić information content (AvgIpc) is 2.39. The molecule has 0 aliphatic rings. The number of halogens is 1. The number of hydrogen-bond donors (Lipinski definition) is 2. The second kappa shape index (κ2) is 5.76. The zero-order valence-electron chi connectivity index (χ0n) is 10.6. The summed E-state index contributed by atoms with van der Waals surface area (Å²) in [5, 5.41) is 3.32. The molecule has 3 N–H and O–H groups in total. The van der Waals surface area contributed by atoms with Crippen molar-refractivity contribution in [1.29, 1.82) is 0 Å². The van der Waals surface area contributed by atoms with Crippen LogP contribution in [0.25, 0.3) is 0 Å². The molecule has 4 heteroatoms. The maximum Gasteiger partial charge on any atom is 0.253 e. The largest absolute Gasteiger partial charge is 0.399 e. The smallest absolute Gasteiger partial charge is 0.253 e. The van der Waals surface area contributed by atoms with E-state index in [1.807, 2.05) is 43.3 Å². The number of carbonyl (C=O) groups is 1. The Hall–Kier alpha value is -2.00. The molecule has 0 unspecified atom stereocenters. The van der Waals surface area contributed by atoms with Gasteiger partial charge in [-0.1, -0.05) is 35.9 Å². The first kappa shape index (κ1) is 13.4. The molecule has 1 amide bonds. The fourth-order valence-electron chi connectivity index (χ4n) is 1.80. The van der Waals surface area contributed by atoms with E-state index >= 15 is 0 Å². The molecular weight excluding hydrogens is 260 g/mol. The summed E-state index contributed by atoms with van der Waals surface area (Å²) in [4.78, 5) is 12.0. The molecule has 0 bridgehead atoms. The van der Waals surface area contributed by atoms with Gasteiger partial charge in [0, 0.05) is 12.2 Å². The number of rotatable bonds is 3. The van der Waals surface area contributed by atoms with Crippen LogP contribution in [0.15, 0.2) is 42.5 Å². The maximum atomic E-state index is 12.0. The van der Waals surface area contributed by atoms with Gasteiger partial charge in [0.25, 0.3) is 5.91 Å². The van der Waals surface area contributed by atoms with Crippen molar-refractivity contribution in [3.63, 3.8) is 0 Å². The molecule has 0 radical (unpaired) electrons. The van der Waals surface area contributed by atoms with Crippen molar-refractivity contribution in [3.8, 4) is 0 Å². The monoisotopic (exact) mass is 274 g/mol. The van der Waals surface area contributed by atoms with Crippen LogP contribution >= 0.6 is 11.6 Å². The van der Waals surface area contributed by atoms with Gasteiger partial charge in [0.2, 0.25) is 0 Å². The Labute approximate surface area is 117 Å². The lowest BCUT2D eigenvalue weighted by Crippen LogP contribution is -2.23. The van der Waals surface area contributed by atoms with E-state index in [9.17, 15) is 4.79 Å². The van der Waals surface area contributed by atoms with Crippen LogP contribution in [0.3, 0.4) is 0 Å². The number of nitrogen functional groups attached to an aromatic ring is 1. The van der Waals surface area contributed by atoms with Gasteiger partial charge >= 0.3 is 0 Å². The van der Waals surface area contributed by atoms with Crippen LogP contribution in [0.4, 0.5) is 5.69 Å². The van der Waals surface area contributed by atoms with E-state index in [1.54, 1.807) is 6.07 Å². The summed E-state index contributed by atoms with van der Waals surface area (Å²) in [5.74, 6) is -0.184. The van der Waals surface area contributed by atoms with Crippen LogP contribution in [0, 0.1) is 6.92 Å². The SMILES string of the molecule is Cc1cccc(C(=O)NCc2cccc(N)c2)c1Cl. The first-order chi connectivity index (χ1) is 9.08. The van der Waals surface area contributed by atoms with Crippen LogP contribution in [-0.2, 0) is 6.54 Å². The zero-order chi connectivity index (χ0) is 13.8. The predicted molar refractivity (Wildman–Crippen MR) is 78.2 cm³/mol. The minimum atomic E-state index is -0.184. The van der Waals surface area contributed by atoms with Gasteiger partial charge in [-0.25, -0.2) is 0 Å². The number of nitrogens with two attached hydrogens (primary N) is 1. The van der Waals surface area contributed by atoms with Crippen molar-refractivity contribution in [2.75, 3.05) is 5.73 Å². The highest BCUT2D eigenvalue weighted by molar-refractivity contribution is 6.34. The van der Waals surface area contributed by atoms with Crippen LogP contribution in [0.5, 0.6) is 0 Å². The Kier molecular flexibility index (Phi) is 4.07. The van der Waals surface area contributed by atoms with Crippen LogP contribution in [0.1, 0.15) is 21.5 Å². The minimum Gasteiger partial charge on any atom is -0.399 e. The molecule has 0 heterocycles. The molecule has 0 aliphatic carbocycles. The van der Waals surface area contributed by atoms with E-state index < -0.39 is 0 Å². The maximum absolute atomic E-state index is 12.0. The molecule has 19 heavy (non-hydrogen) atoms. The molecule has 0 fully saturated rings. The standard InChI is InChI=1S/C15H15ClN2O/c1-10-4-2-7-13(14(10)16)15(19)18-9-11-5-3-6-12(17)8-11/h2-8H,9,17H2,1H3,(H,18,19). The van der Waals surface area contributed by atoms with E-state index in [0.717, 1.165) is 11.1 Å². The molecule has 3 nitrogen and oxygen atoms in total. The molecule has 98 valence electrons. The first-order valence-electron chi connectivity index (χ1n) is 5.95. The van der Waals surface area contributed by atoms with Gasteiger partial charge in [0.05, 0.1) is 10.6 Å². The lowest BCUT2D eigenvalue weighted by Gasteiger charge is -2.08. The van der Waals surface area contributed by atoms with Crippen molar-refractivity contribution in [3.05, 3.63) is 64.2 Å². The predicted octanol–water partition coefficient (Wildman–Crippen LogP) is 3.16. The number of anilines is 1. The van der Waals surface area contributed by atoms with E-state index in [2.05, 4.69) is 5.32 Å². The minimum absolute atomic E-state index is 0.184. The quantitative estimate of drug-likeness (QED) is 0.845. The molecule has 0 aromatic heterocycles. The molecule has 2 aromatic rings. The summed E-state index contributed by atoms with van der Waals surface area (Å²) in [6, 6.07) is 12.8. The highest BCUT2D eigenvalue weighted by Crippen LogP contribution is 2.20. The molecule has 0 aliphatic heterocycles. The Morgan fingerprint density at radius 1 is 1.26 bits per heavy atom. The van der Waals surface area contributed by atoms with Gasteiger partial charge in [-0.2, -0.15) is 0 Å². The van der Waals surface area contributed by atoms with E-state index in [1.165, 1.54) is 0 Å². The van der Waals surface area contributed by atoms with E-state index in [-0.39, 0.29) is 5.91 Å². The Morgan fingerprint density at radius 2 is 2.00 bits per heavy atom. The fourth-order valence-corrected chi connectivity index (χ4v) is 2.02. The normalized spacial score (nSPS) is 10.2. The summed E-state index contributed by atoms with van der Waals surface area (Å²) in [6.45, 7) is 2.30. The number of hydrogen-bond acceptors (Lipinski definition) is 2. The molecule has 0 saturated carbocycles. The van der Waals surface area contributed by atoms with Crippen molar-refractivity contribution in [2.24, 2.45) is 0 Å². The highest BCUT2D eigenvalue weighted by atomic mass is 35.5. The number of aryl methyl sites for hydroxylation is 1. The van der Waals surface area contributed by atoms with E-state index in [4.69, 9.17) is 17.3 Å². The summed E-state index contributed by atoms with van der Waals surface area (Å²) in [7, 11) is 0. The zero-order valence-corrected chi connectivity index (χ0v) is 11.4. The molecule has 2 rings (SSSR count). The summed E-state index contributed by atoms with van der Waals surface area (Å²) in [6.07, 6.45) is 0. The second-order valence-corrected chi connectivity index (χ2v) is 4.74. The molecule has 0 saturated heterocycles. The van der Waals surface area contributed by atoms with Crippen molar-refractivity contribution in [2.45, 2.75) is 13.5 Å². The van der Waals surface area contributed by atoms with E-state index in [0.29, 0.717) is 22.8 Å². The molecule has 0 spiro atoms. The van der Waals surface area contributed by atoms with Crippen molar-refractivity contribution >= 4 is 23.2 Å². The Balaban J connectivity index is 2.08. The average molecular weight is 275 g/mol. The number of carbonyl (C=O) groups excluding carboxylic acids is 1. The van der Waals surface area contributed by atoms with Crippen molar-refractivity contribution < 1.29 is 4.79 Å².